The number of halogens is 3. The normalized spacial score (nSPS) is 15.1. The Morgan fingerprint density at radius 2 is 1.80 bits per heavy atom. The Labute approximate surface area is 104 Å². The number of benzene rings is 1. The first-order valence-electron chi connectivity index (χ1n) is 4.42. The molecule has 5 heteroatoms. The van der Waals surface area contributed by atoms with Gasteiger partial charge in [-0.15, -0.1) is 0 Å². The number of nitrogens with one attached hydrogen (secondary N) is 1. The molecular weight excluding hydrogens is 254 g/mol. The number of rotatable bonds is 2. The van der Waals surface area contributed by atoms with E-state index in [1.54, 1.807) is 0 Å². The lowest BCUT2D eigenvalue weighted by Crippen LogP contribution is -2.78. The number of amidine groups is 1. The molecule has 1 aromatic carbocycles. The molecule has 0 amide bonds. The molecule has 1 rings (SSSR count). The second kappa shape index (κ2) is 5.06. The summed E-state index contributed by atoms with van der Waals surface area (Å²) in [5.41, 5.74) is 6.68. The van der Waals surface area contributed by atoms with Gasteiger partial charge in [-0.3, -0.25) is 10.7 Å². The molecule has 82 valence electrons. The summed E-state index contributed by atoms with van der Waals surface area (Å²) in [6.07, 6.45) is 0. The van der Waals surface area contributed by atoms with Crippen LogP contribution in [0.4, 0.5) is 0 Å². The molecule has 0 heterocycles. The molecule has 1 aromatic rings. The largest absolute Gasteiger partial charge is 0.293 e. The van der Waals surface area contributed by atoms with Gasteiger partial charge in [0.05, 0.1) is 0 Å². The van der Waals surface area contributed by atoms with Gasteiger partial charge in [0.15, 0.2) is 0 Å². The summed E-state index contributed by atoms with van der Waals surface area (Å²) in [5.74, 6) is 0.129. The van der Waals surface area contributed by atoms with Crippen molar-refractivity contribution in [1.29, 1.82) is 0 Å². The molecule has 1 atom stereocenters. The van der Waals surface area contributed by atoms with Gasteiger partial charge < -0.3 is 0 Å². The Morgan fingerprint density at radius 3 is 2.27 bits per heavy atom. The second-order valence-corrected chi connectivity index (χ2v) is 5.47. The minimum atomic E-state index is -1.58. The zero-order valence-electron chi connectivity index (χ0n) is 8.18. The lowest BCUT2D eigenvalue weighted by atomic mass is 10.1. The first-order chi connectivity index (χ1) is 6.91. The Bertz CT molecular complexity index is 343. The molecule has 0 fully saturated rings. The van der Waals surface area contributed by atoms with E-state index in [0.717, 1.165) is 5.56 Å². The third-order valence-electron chi connectivity index (χ3n) is 1.98. The molecule has 3 N–H and O–H groups in total. The van der Waals surface area contributed by atoms with Crippen LogP contribution in [0.1, 0.15) is 18.5 Å². The lowest BCUT2D eigenvalue weighted by molar-refractivity contribution is -0.507. The number of alkyl halides is 3. The minimum Gasteiger partial charge on any atom is -0.287 e. The number of nitrogens with two attached hydrogens (primary N) is 1. The van der Waals surface area contributed by atoms with Crippen LogP contribution < -0.4 is 10.7 Å². The SMILES string of the molecule is C[C@@H]([NH+]=C(N)C(Cl)(Cl)Cl)c1ccccc1. The molecule has 0 aliphatic heterocycles. The smallest absolute Gasteiger partial charge is 0.287 e. The summed E-state index contributed by atoms with van der Waals surface area (Å²) in [5, 5.41) is 0. The summed E-state index contributed by atoms with van der Waals surface area (Å²) >= 11 is 16.9. The van der Waals surface area contributed by atoms with Gasteiger partial charge in [-0.1, -0.05) is 65.1 Å². The van der Waals surface area contributed by atoms with Gasteiger partial charge in [-0.05, 0) is 12.5 Å². The standard InChI is InChI=1S/C10H11Cl3N2/c1-7(8-5-3-2-4-6-8)15-9(14)10(11,12)13/h2-7H,1H3,(H2,14,15)/p+1/t7-/m1/s1. The molecule has 0 saturated heterocycles. The zero-order chi connectivity index (χ0) is 11.5. The summed E-state index contributed by atoms with van der Waals surface area (Å²) in [4.78, 5) is 2.93. The molecule has 0 aliphatic rings. The van der Waals surface area contributed by atoms with E-state index < -0.39 is 3.79 Å². The van der Waals surface area contributed by atoms with Gasteiger partial charge in [-0.2, -0.15) is 0 Å². The third kappa shape index (κ3) is 3.90. The quantitative estimate of drug-likeness (QED) is 0.476. The fourth-order valence-corrected chi connectivity index (χ4v) is 1.30. The van der Waals surface area contributed by atoms with Crippen LogP contribution in [0.2, 0.25) is 0 Å². The second-order valence-electron chi connectivity index (χ2n) is 3.19. The average molecular weight is 267 g/mol. The van der Waals surface area contributed by atoms with Crippen molar-refractivity contribution in [2.24, 2.45) is 5.73 Å². The maximum atomic E-state index is 5.62. The van der Waals surface area contributed by atoms with E-state index in [1.165, 1.54) is 0 Å². The highest BCUT2D eigenvalue weighted by atomic mass is 35.6. The highest BCUT2D eigenvalue weighted by Gasteiger charge is 2.31. The Kier molecular flexibility index (Phi) is 4.26. The first kappa shape index (κ1) is 12.6. The van der Waals surface area contributed by atoms with E-state index in [1.807, 2.05) is 37.3 Å². The summed E-state index contributed by atoms with van der Waals surface area (Å²) in [6, 6.07) is 9.78. The summed E-state index contributed by atoms with van der Waals surface area (Å²) in [6.45, 7) is 1.94. The van der Waals surface area contributed by atoms with Crippen molar-refractivity contribution in [1.82, 2.24) is 0 Å². The Morgan fingerprint density at radius 1 is 1.27 bits per heavy atom. The van der Waals surface area contributed by atoms with E-state index in [-0.39, 0.29) is 11.9 Å². The Balaban J connectivity index is 2.84. The van der Waals surface area contributed by atoms with Gasteiger partial charge in [0.1, 0.15) is 6.04 Å². The predicted octanol–water partition coefficient (Wildman–Crippen LogP) is 1.56. The van der Waals surface area contributed by atoms with Gasteiger partial charge in [-0.25, -0.2) is 0 Å². The van der Waals surface area contributed by atoms with Crippen molar-refractivity contribution >= 4 is 40.6 Å². The van der Waals surface area contributed by atoms with E-state index in [2.05, 4.69) is 4.99 Å². The molecule has 0 spiro atoms. The van der Waals surface area contributed by atoms with Gasteiger partial charge >= 0.3 is 0 Å². The molecule has 0 aliphatic carbocycles. The van der Waals surface area contributed by atoms with E-state index in [0.29, 0.717) is 0 Å². The summed E-state index contributed by atoms with van der Waals surface area (Å²) < 4.78 is -1.58. The fourth-order valence-electron chi connectivity index (χ4n) is 1.14. The molecule has 0 unspecified atom stereocenters. The highest BCUT2D eigenvalue weighted by molar-refractivity contribution is 6.76. The van der Waals surface area contributed by atoms with Crippen LogP contribution in [-0.2, 0) is 0 Å². The van der Waals surface area contributed by atoms with E-state index >= 15 is 0 Å². The van der Waals surface area contributed by atoms with Crippen LogP contribution in [0.5, 0.6) is 0 Å². The van der Waals surface area contributed by atoms with Crippen LogP contribution in [0.3, 0.4) is 0 Å². The monoisotopic (exact) mass is 265 g/mol. The predicted molar refractivity (Wildman–Crippen MR) is 65.3 cm³/mol. The number of hydrogen-bond donors (Lipinski definition) is 2. The first-order valence-corrected chi connectivity index (χ1v) is 5.55. The molecule has 0 bridgehead atoms. The molecule has 0 aromatic heterocycles. The van der Waals surface area contributed by atoms with Crippen molar-refractivity contribution in [2.75, 3.05) is 0 Å². The highest BCUT2D eigenvalue weighted by Crippen LogP contribution is 2.24. The van der Waals surface area contributed by atoms with Gasteiger partial charge in [0, 0.05) is 0 Å². The van der Waals surface area contributed by atoms with Crippen molar-refractivity contribution in [3.8, 4) is 0 Å². The van der Waals surface area contributed by atoms with Crippen LogP contribution in [0, 0.1) is 0 Å². The van der Waals surface area contributed by atoms with Crippen molar-refractivity contribution in [3.05, 3.63) is 35.9 Å². The lowest BCUT2D eigenvalue weighted by Gasteiger charge is -2.09. The van der Waals surface area contributed by atoms with Crippen LogP contribution in [0.25, 0.3) is 0 Å². The maximum Gasteiger partial charge on any atom is 0.293 e. The molecular formula is C10H12Cl3N2+. The molecule has 0 radical (unpaired) electrons. The molecule has 2 nitrogen and oxygen atoms in total. The van der Waals surface area contributed by atoms with Crippen LogP contribution in [0.15, 0.2) is 30.3 Å². The van der Waals surface area contributed by atoms with Gasteiger partial charge in [0.2, 0.25) is 0 Å². The van der Waals surface area contributed by atoms with E-state index in [9.17, 15) is 0 Å². The zero-order valence-corrected chi connectivity index (χ0v) is 10.4. The average Bonchev–Trinajstić information content (AvgIpc) is 2.17. The summed E-state index contributed by atoms with van der Waals surface area (Å²) in [7, 11) is 0. The maximum absolute atomic E-state index is 5.62. The van der Waals surface area contributed by atoms with Crippen molar-refractivity contribution in [2.45, 2.75) is 16.8 Å². The molecule has 15 heavy (non-hydrogen) atoms. The van der Waals surface area contributed by atoms with Crippen LogP contribution in [-0.4, -0.2) is 9.63 Å². The van der Waals surface area contributed by atoms with Crippen molar-refractivity contribution < 1.29 is 4.99 Å². The number of hydrogen-bond acceptors (Lipinski definition) is 0. The van der Waals surface area contributed by atoms with Crippen LogP contribution >= 0.6 is 34.8 Å². The van der Waals surface area contributed by atoms with Gasteiger partial charge in [0.25, 0.3) is 9.63 Å². The minimum absolute atomic E-state index is 0.00169. The van der Waals surface area contributed by atoms with Crippen molar-refractivity contribution in [3.63, 3.8) is 0 Å². The van der Waals surface area contributed by atoms with E-state index in [4.69, 9.17) is 40.5 Å². The third-order valence-corrected chi connectivity index (χ3v) is 2.59. The Hall–Kier alpha value is -0.440. The molecule has 0 saturated carbocycles. The topological polar surface area (TPSA) is 40.0 Å². The fraction of sp³-hybridized carbons (Fsp3) is 0.300.